The molecule has 0 atom stereocenters. The third-order valence-corrected chi connectivity index (χ3v) is 5.00. The summed E-state index contributed by atoms with van der Waals surface area (Å²) in [5.41, 5.74) is 2.53. The fourth-order valence-corrected chi connectivity index (χ4v) is 3.43. The molecule has 0 spiro atoms. The van der Waals surface area contributed by atoms with Crippen LogP contribution in [0.4, 0.5) is 5.69 Å². The Bertz CT molecular complexity index is 782. The molecule has 2 aromatic rings. The Morgan fingerprint density at radius 3 is 2.48 bits per heavy atom. The monoisotopic (exact) mass is 339 g/mol. The van der Waals surface area contributed by atoms with Gasteiger partial charge in [0.15, 0.2) is 11.5 Å². The number of hydrogen-bond acceptors (Lipinski definition) is 3. The maximum absolute atomic E-state index is 13.4. The molecule has 0 N–H and O–H groups in total. The summed E-state index contributed by atoms with van der Waals surface area (Å²) in [7, 11) is 3.22. The normalized spacial score (nSPS) is 14.0. The van der Waals surface area contributed by atoms with Crippen molar-refractivity contribution in [2.24, 2.45) is 0 Å². The average Bonchev–Trinajstić information content (AvgIpc) is 2.66. The molecule has 1 amide bonds. The van der Waals surface area contributed by atoms with Gasteiger partial charge in [0.25, 0.3) is 0 Å². The first-order chi connectivity index (χ1) is 12.0. The van der Waals surface area contributed by atoms with Crippen LogP contribution in [-0.4, -0.2) is 26.7 Å². The van der Waals surface area contributed by atoms with Gasteiger partial charge in [-0.05, 0) is 56.0 Å². The summed E-state index contributed by atoms with van der Waals surface area (Å²) in [6, 6.07) is 13.9. The van der Waals surface area contributed by atoms with Gasteiger partial charge in [-0.1, -0.05) is 24.3 Å². The molecule has 0 aromatic heterocycles. The lowest BCUT2D eigenvalue weighted by Crippen LogP contribution is -2.45. The van der Waals surface area contributed by atoms with Crippen molar-refractivity contribution in [3.63, 3.8) is 0 Å². The summed E-state index contributed by atoms with van der Waals surface area (Å²) in [5, 5.41) is 0. The Morgan fingerprint density at radius 1 is 1.04 bits per heavy atom. The topological polar surface area (TPSA) is 38.8 Å². The molecule has 0 radical (unpaired) electrons. The predicted octanol–water partition coefficient (Wildman–Crippen LogP) is 3.96. The van der Waals surface area contributed by atoms with Gasteiger partial charge in [0, 0.05) is 12.2 Å². The minimum atomic E-state index is -0.663. The summed E-state index contributed by atoms with van der Waals surface area (Å²) >= 11 is 0. The number of ether oxygens (including phenoxy) is 2. The molecular weight excluding hydrogens is 314 g/mol. The summed E-state index contributed by atoms with van der Waals surface area (Å²) in [4.78, 5) is 15.3. The van der Waals surface area contributed by atoms with E-state index in [1.807, 2.05) is 55.1 Å². The Kier molecular flexibility index (Phi) is 4.71. The van der Waals surface area contributed by atoms with Crippen molar-refractivity contribution in [2.75, 3.05) is 25.7 Å². The van der Waals surface area contributed by atoms with Crippen molar-refractivity contribution in [1.29, 1.82) is 0 Å². The number of hydrogen-bond donors (Lipinski definition) is 0. The van der Waals surface area contributed by atoms with E-state index in [-0.39, 0.29) is 5.91 Å². The van der Waals surface area contributed by atoms with Gasteiger partial charge in [0.05, 0.1) is 19.6 Å². The zero-order chi connectivity index (χ0) is 18.0. The third-order valence-electron chi connectivity index (χ3n) is 5.00. The lowest BCUT2D eigenvalue weighted by atomic mass is 9.82. The van der Waals surface area contributed by atoms with E-state index in [9.17, 15) is 4.79 Å². The smallest absolute Gasteiger partial charge is 0.237 e. The number of amides is 1. The summed E-state index contributed by atoms with van der Waals surface area (Å²) in [5.74, 6) is 1.41. The first-order valence-electron chi connectivity index (χ1n) is 8.61. The van der Waals surface area contributed by atoms with Crippen molar-refractivity contribution in [2.45, 2.75) is 32.1 Å². The summed E-state index contributed by atoms with van der Waals surface area (Å²) < 4.78 is 10.7. The number of carbonyl (C=O) groups excluding carboxylic acids is 1. The highest BCUT2D eigenvalue weighted by Crippen LogP contribution is 2.36. The zero-order valence-corrected chi connectivity index (χ0v) is 15.3. The van der Waals surface area contributed by atoms with Gasteiger partial charge in [0.2, 0.25) is 5.91 Å². The van der Waals surface area contributed by atoms with Crippen LogP contribution in [0.3, 0.4) is 0 Å². The lowest BCUT2D eigenvalue weighted by molar-refractivity contribution is -0.123. The van der Waals surface area contributed by atoms with Gasteiger partial charge in [-0.3, -0.25) is 4.79 Å². The van der Waals surface area contributed by atoms with E-state index < -0.39 is 5.41 Å². The molecule has 0 saturated heterocycles. The Labute approximate surface area is 149 Å². The lowest BCUT2D eigenvalue weighted by Gasteiger charge is -2.36. The van der Waals surface area contributed by atoms with Gasteiger partial charge in [-0.25, -0.2) is 0 Å². The molecule has 0 fully saturated rings. The molecule has 132 valence electrons. The molecular formula is C21H25NO3. The number of nitrogens with zero attached hydrogens (tertiary/aromatic N) is 1. The van der Waals surface area contributed by atoms with Crippen LogP contribution in [0.2, 0.25) is 0 Å². The summed E-state index contributed by atoms with van der Waals surface area (Å²) in [6.07, 6.45) is 2.02. The number of fused-ring (bicyclic) bond motifs is 1. The first-order valence-corrected chi connectivity index (χ1v) is 8.61. The number of aryl methyl sites for hydroxylation is 1. The van der Waals surface area contributed by atoms with Crippen molar-refractivity contribution >= 4 is 11.6 Å². The predicted molar refractivity (Wildman–Crippen MR) is 99.7 cm³/mol. The van der Waals surface area contributed by atoms with E-state index in [0.717, 1.165) is 30.6 Å². The fraction of sp³-hybridized carbons (Fsp3) is 0.381. The minimum absolute atomic E-state index is 0.104. The molecule has 1 heterocycles. The van der Waals surface area contributed by atoms with E-state index in [0.29, 0.717) is 11.5 Å². The highest BCUT2D eigenvalue weighted by molar-refractivity contribution is 6.01. The second-order valence-electron chi connectivity index (χ2n) is 6.88. The van der Waals surface area contributed by atoms with Crippen LogP contribution in [0, 0.1) is 0 Å². The fourth-order valence-electron chi connectivity index (χ4n) is 3.43. The van der Waals surface area contributed by atoms with Crippen LogP contribution in [0.15, 0.2) is 42.5 Å². The number of anilines is 1. The van der Waals surface area contributed by atoms with Crippen LogP contribution in [-0.2, 0) is 16.6 Å². The van der Waals surface area contributed by atoms with E-state index in [1.165, 1.54) is 5.56 Å². The number of rotatable bonds is 4. The molecule has 0 bridgehead atoms. The molecule has 25 heavy (non-hydrogen) atoms. The van der Waals surface area contributed by atoms with Gasteiger partial charge >= 0.3 is 0 Å². The molecule has 4 nitrogen and oxygen atoms in total. The van der Waals surface area contributed by atoms with E-state index in [4.69, 9.17) is 9.47 Å². The van der Waals surface area contributed by atoms with Crippen LogP contribution in [0.25, 0.3) is 0 Å². The van der Waals surface area contributed by atoms with E-state index in [2.05, 4.69) is 6.07 Å². The van der Waals surface area contributed by atoms with Crippen LogP contribution < -0.4 is 14.4 Å². The Morgan fingerprint density at radius 2 is 1.76 bits per heavy atom. The molecule has 3 rings (SSSR count). The zero-order valence-electron chi connectivity index (χ0n) is 15.3. The SMILES string of the molecule is COc1ccc(C(C)(C)C(=O)N2CCCc3ccccc32)cc1OC. The number of carbonyl (C=O) groups is 1. The van der Waals surface area contributed by atoms with Gasteiger partial charge < -0.3 is 14.4 Å². The Balaban J connectivity index is 1.97. The highest BCUT2D eigenvalue weighted by atomic mass is 16.5. The number of para-hydroxylation sites is 1. The van der Waals surface area contributed by atoms with Gasteiger partial charge in [-0.2, -0.15) is 0 Å². The van der Waals surface area contributed by atoms with Crippen molar-refractivity contribution in [1.82, 2.24) is 0 Å². The molecule has 1 aliphatic heterocycles. The summed E-state index contributed by atoms with van der Waals surface area (Å²) in [6.45, 7) is 4.69. The van der Waals surface area contributed by atoms with Gasteiger partial charge in [-0.15, -0.1) is 0 Å². The van der Waals surface area contributed by atoms with E-state index >= 15 is 0 Å². The number of methoxy groups -OCH3 is 2. The molecule has 0 saturated carbocycles. The second-order valence-corrected chi connectivity index (χ2v) is 6.88. The van der Waals surface area contributed by atoms with Crippen LogP contribution >= 0.6 is 0 Å². The molecule has 1 aliphatic rings. The van der Waals surface area contributed by atoms with Crippen LogP contribution in [0.5, 0.6) is 11.5 Å². The Hall–Kier alpha value is -2.49. The van der Waals surface area contributed by atoms with E-state index in [1.54, 1.807) is 14.2 Å². The third kappa shape index (κ3) is 3.09. The largest absolute Gasteiger partial charge is 0.493 e. The molecule has 0 unspecified atom stereocenters. The standard InChI is InChI=1S/C21H25NO3/c1-21(2,16-11-12-18(24-3)19(14-16)25-4)20(23)22-13-7-9-15-8-5-6-10-17(15)22/h5-6,8,10-12,14H,7,9,13H2,1-4H3. The molecule has 2 aromatic carbocycles. The quantitative estimate of drug-likeness (QED) is 0.846. The van der Waals surface area contributed by atoms with Crippen molar-refractivity contribution in [3.05, 3.63) is 53.6 Å². The minimum Gasteiger partial charge on any atom is -0.493 e. The molecule has 4 heteroatoms. The second kappa shape index (κ2) is 6.79. The first kappa shape index (κ1) is 17.3. The number of benzene rings is 2. The van der Waals surface area contributed by atoms with Crippen molar-refractivity contribution < 1.29 is 14.3 Å². The average molecular weight is 339 g/mol. The van der Waals surface area contributed by atoms with Gasteiger partial charge in [0.1, 0.15) is 0 Å². The molecule has 0 aliphatic carbocycles. The highest BCUT2D eigenvalue weighted by Gasteiger charge is 2.36. The maximum Gasteiger partial charge on any atom is 0.237 e. The maximum atomic E-state index is 13.4. The van der Waals surface area contributed by atoms with Crippen LogP contribution in [0.1, 0.15) is 31.4 Å². The van der Waals surface area contributed by atoms with Crippen molar-refractivity contribution in [3.8, 4) is 11.5 Å².